The van der Waals surface area contributed by atoms with Crippen LogP contribution in [0.2, 0.25) is 0 Å². The minimum atomic E-state index is -0.378. The summed E-state index contributed by atoms with van der Waals surface area (Å²) in [4.78, 5) is 16.4. The molecule has 1 heterocycles. The third-order valence-corrected chi connectivity index (χ3v) is 3.86. The molecule has 0 unspecified atom stereocenters. The van der Waals surface area contributed by atoms with Gasteiger partial charge in [-0.3, -0.25) is 4.79 Å². The van der Waals surface area contributed by atoms with E-state index in [2.05, 4.69) is 15.6 Å². The fourth-order valence-corrected chi connectivity index (χ4v) is 2.49. The third kappa shape index (κ3) is 4.01. The predicted molar refractivity (Wildman–Crippen MR) is 97.8 cm³/mol. The van der Waals surface area contributed by atoms with Crippen molar-refractivity contribution in [2.45, 2.75) is 13.8 Å². The quantitative estimate of drug-likeness (QED) is 0.718. The summed E-state index contributed by atoms with van der Waals surface area (Å²) in [5.41, 5.74) is 4.55. The molecule has 0 radical (unpaired) electrons. The van der Waals surface area contributed by atoms with Gasteiger partial charge in [0, 0.05) is 11.3 Å². The largest absolute Gasteiger partial charge is 0.354 e. The topological polar surface area (TPSA) is 54.0 Å². The molecule has 25 heavy (non-hydrogen) atoms. The molecule has 5 heteroatoms. The lowest BCUT2D eigenvalue weighted by atomic mass is 10.1. The van der Waals surface area contributed by atoms with Crippen LogP contribution in [0.1, 0.15) is 21.5 Å². The summed E-state index contributed by atoms with van der Waals surface area (Å²) >= 11 is 0. The van der Waals surface area contributed by atoms with Crippen molar-refractivity contribution in [1.82, 2.24) is 4.98 Å². The highest BCUT2D eigenvalue weighted by atomic mass is 19.1. The Morgan fingerprint density at radius 2 is 1.64 bits per heavy atom. The molecule has 3 aromatic rings. The molecular formula is C20H18FN3O. The molecule has 2 N–H and O–H groups in total. The van der Waals surface area contributed by atoms with E-state index in [0.717, 1.165) is 22.5 Å². The molecule has 0 fully saturated rings. The van der Waals surface area contributed by atoms with E-state index in [0.29, 0.717) is 11.4 Å². The van der Waals surface area contributed by atoms with Crippen LogP contribution in [0, 0.1) is 19.7 Å². The number of carbonyl (C=O) groups excluding carboxylic acids is 1. The average molecular weight is 335 g/mol. The van der Waals surface area contributed by atoms with Crippen molar-refractivity contribution in [3.63, 3.8) is 0 Å². The standard InChI is InChI=1S/C20H18FN3O/c1-13-4-3-5-14(2)19(13)23-17-10-11-18(22-12-17)24-20(25)15-6-8-16(21)9-7-15/h3-12,23H,1-2H3,(H,22,24,25). The maximum Gasteiger partial charge on any atom is 0.256 e. The SMILES string of the molecule is Cc1cccc(C)c1Nc1ccc(NC(=O)c2ccc(F)cc2)nc1. The minimum Gasteiger partial charge on any atom is -0.354 e. The number of benzene rings is 2. The second-order valence-electron chi connectivity index (χ2n) is 5.78. The summed E-state index contributed by atoms with van der Waals surface area (Å²) in [6.07, 6.45) is 1.66. The zero-order valence-corrected chi connectivity index (χ0v) is 14.0. The number of aryl methyl sites for hydroxylation is 2. The van der Waals surface area contributed by atoms with Gasteiger partial charge in [0.15, 0.2) is 0 Å². The van der Waals surface area contributed by atoms with E-state index >= 15 is 0 Å². The maximum atomic E-state index is 12.9. The van der Waals surface area contributed by atoms with E-state index in [1.165, 1.54) is 24.3 Å². The molecule has 0 atom stereocenters. The second kappa shape index (κ2) is 7.13. The Kier molecular flexibility index (Phi) is 4.75. The van der Waals surface area contributed by atoms with E-state index in [-0.39, 0.29) is 11.7 Å². The molecule has 4 nitrogen and oxygen atoms in total. The lowest BCUT2D eigenvalue weighted by Crippen LogP contribution is -2.12. The van der Waals surface area contributed by atoms with Gasteiger partial charge < -0.3 is 10.6 Å². The van der Waals surface area contributed by atoms with Crippen molar-refractivity contribution in [3.8, 4) is 0 Å². The van der Waals surface area contributed by atoms with Gasteiger partial charge in [-0.2, -0.15) is 0 Å². The summed E-state index contributed by atoms with van der Waals surface area (Å²) < 4.78 is 12.9. The molecule has 1 aromatic heterocycles. The number of amides is 1. The molecule has 1 amide bonds. The van der Waals surface area contributed by atoms with Gasteiger partial charge in [-0.15, -0.1) is 0 Å². The number of nitrogens with zero attached hydrogens (tertiary/aromatic N) is 1. The number of carbonyl (C=O) groups is 1. The Balaban J connectivity index is 1.70. The number of aromatic nitrogens is 1. The van der Waals surface area contributed by atoms with Gasteiger partial charge in [0.05, 0.1) is 11.9 Å². The molecule has 2 aromatic carbocycles. The molecule has 0 spiro atoms. The van der Waals surface area contributed by atoms with Crippen molar-refractivity contribution in [2.24, 2.45) is 0 Å². The van der Waals surface area contributed by atoms with Gasteiger partial charge >= 0.3 is 0 Å². The lowest BCUT2D eigenvalue weighted by Gasteiger charge is -2.12. The molecule has 0 saturated heterocycles. The van der Waals surface area contributed by atoms with Crippen LogP contribution in [0.25, 0.3) is 0 Å². The summed E-state index contributed by atoms with van der Waals surface area (Å²) in [7, 11) is 0. The molecule has 0 bridgehead atoms. The zero-order valence-electron chi connectivity index (χ0n) is 14.0. The maximum absolute atomic E-state index is 12.9. The molecule has 0 aliphatic heterocycles. The minimum absolute atomic E-state index is 0.331. The van der Waals surface area contributed by atoms with Gasteiger partial charge in [-0.25, -0.2) is 9.37 Å². The number of nitrogens with one attached hydrogen (secondary N) is 2. The van der Waals surface area contributed by atoms with Crippen LogP contribution in [0.15, 0.2) is 60.8 Å². The molecular weight excluding hydrogens is 317 g/mol. The number of pyridine rings is 1. The Labute approximate surface area is 145 Å². The Bertz CT molecular complexity index is 870. The van der Waals surface area contributed by atoms with Crippen LogP contribution in [-0.2, 0) is 0 Å². The first kappa shape index (κ1) is 16.6. The zero-order chi connectivity index (χ0) is 17.8. The van der Waals surface area contributed by atoms with Gasteiger partial charge in [0.2, 0.25) is 0 Å². The van der Waals surface area contributed by atoms with Crippen LogP contribution in [0.3, 0.4) is 0 Å². The molecule has 126 valence electrons. The van der Waals surface area contributed by atoms with Gasteiger partial charge in [-0.05, 0) is 61.4 Å². The highest BCUT2D eigenvalue weighted by Gasteiger charge is 2.07. The lowest BCUT2D eigenvalue weighted by molar-refractivity contribution is 0.102. The monoisotopic (exact) mass is 335 g/mol. The Hall–Kier alpha value is -3.21. The molecule has 0 saturated carbocycles. The molecule has 0 aliphatic carbocycles. The fraction of sp³-hybridized carbons (Fsp3) is 0.100. The van der Waals surface area contributed by atoms with Crippen LogP contribution in [0.4, 0.5) is 21.6 Å². The summed E-state index contributed by atoms with van der Waals surface area (Å²) in [6.45, 7) is 4.08. The van der Waals surface area contributed by atoms with Gasteiger partial charge in [0.25, 0.3) is 5.91 Å². The van der Waals surface area contributed by atoms with Crippen LogP contribution >= 0.6 is 0 Å². The average Bonchev–Trinajstić information content (AvgIpc) is 2.60. The smallest absolute Gasteiger partial charge is 0.256 e. The highest BCUT2D eigenvalue weighted by Crippen LogP contribution is 2.24. The van der Waals surface area contributed by atoms with E-state index < -0.39 is 0 Å². The Morgan fingerprint density at radius 3 is 2.24 bits per heavy atom. The first-order chi connectivity index (χ1) is 12.0. The third-order valence-electron chi connectivity index (χ3n) is 3.86. The summed E-state index contributed by atoms with van der Waals surface area (Å²) in [5.74, 6) is -0.277. The number of hydrogen-bond acceptors (Lipinski definition) is 3. The Morgan fingerprint density at radius 1 is 0.960 bits per heavy atom. The van der Waals surface area contributed by atoms with Crippen molar-refractivity contribution in [1.29, 1.82) is 0 Å². The van der Waals surface area contributed by atoms with Crippen molar-refractivity contribution < 1.29 is 9.18 Å². The first-order valence-corrected chi connectivity index (χ1v) is 7.89. The summed E-state index contributed by atoms with van der Waals surface area (Å²) in [6, 6.07) is 15.0. The number of anilines is 3. The number of para-hydroxylation sites is 1. The van der Waals surface area contributed by atoms with E-state index in [4.69, 9.17) is 0 Å². The van der Waals surface area contributed by atoms with Gasteiger partial charge in [0.1, 0.15) is 11.6 Å². The van der Waals surface area contributed by atoms with Crippen molar-refractivity contribution in [2.75, 3.05) is 10.6 Å². The number of rotatable bonds is 4. The van der Waals surface area contributed by atoms with E-state index in [1.807, 2.05) is 38.1 Å². The van der Waals surface area contributed by atoms with Crippen LogP contribution in [0.5, 0.6) is 0 Å². The van der Waals surface area contributed by atoms with Crippen LogP contribution < -0.4 is 10.6 Å². The number of hydrogen-bond donors (Lipinski definition) is 2. The van der Waals surface area contributed by atoms with E-state index in [1.54, 1.807) is 12.3 Å². The van der Waals surface area contributed by atoms with E-state index in [9.17, 15) is 9.18 Å². The highest BCUT2D eigenvalue weighted by molar-refractivity contribution is 6.03. The van der Waals surface area contributed by atoms with Crippen molar-refractivity contribution >= 4 is 23.1 Å². The normalized spacial score (nSPS) is 10.4. The molecule has 3 rings (SSSR count). The fourth-order valence-electron chi connectivity index (χ4n) is 2.49. The number of halogens is 1. The van der Waals surface area contributed by atoms with Crippen LogP contribution in [-0.4, -0.2) is 10.9 Å². The van der Waals surface area contributed by atoms with Crippen molar-refractivity contribution in [3.05, 3.63) is 83.3 Å². The predicted octanol–water partition coefficient (Wildman–Crippen LogP) is 4.83. The summed E-state index contributed by atoms with van der Waals surface area (Å²) in [5, 5.41) is 6.03. The second-order valence-corrected chi connectivity index (χ2v) is 5.78. The first-order valence-electron chi connectivity index (χ1n) is 7.89. The molecule has 0 aliphatic rings. The van der Waals surface area contributed by atoms with Gasteiger partial charge in [-0.1, -0.05) is 18.2 Å².